The summed E-state index contributed by atoms with van der Waals surface area (Å²) in [6.07, 6.45) is 0. The third kappa shape index (κ3) is 5.82. The van der Waals surface area contributed by atoms with E-state index in [1.165, 1.54) is 6.92 Å². The number of aliphatic carboxylic acids is 1. The van der Waals surface area contributed by atoms with Crippen LogP contribution in [0.5, 0.6) is 0 Å². The van der Waals surface area contributed by atoms with Crippen molar-refractivity contribution in [2.24, 2.45) is 5.92 Å². The third-order valence-electron chi connectivity index (χ3n) is 1.05. The van der Waals surface area contributed by atoms with E-state index in [-0.39, 0.29) is 0 Å². The molecule has 0 heterocycles. The highest BCUT2D eigenvalue weighted by atomic mass is 16.6. The van der Waals surface area contributed by atoms with E-state index in [1.54, 1.807) is 0 Å². The topological polar surface area (TPSA) is 58.6 Å². The zero-order valence-corrected chi connectivity index (χ0v) is 7.13. The van der Waals surface area contributed by atoms with E-state index in [0.29, 0.717) is 12.5 Å². The van der Waals surface area contributed by atoms with Gasteiger partial charge in [0.05, 0.1) is 6.61 Å². The minimum absolute atomic E-state index is 0.406. The molecule has 0 saturated carbocycles. The maximum absolute atomic E-state index is 10.2. The molecule has 66 valence electrons. The van der Waals surface area contributed by atoms with Crippen LogP contribution in [-0.4, -0.2) is 23.7 Å². The van der Waals surface area contributed by atoms with E-state index in [0.717, 1.165) is 0 Å². The van der Waals surface area contributed by atoms with Crippen LogP contribution in [0, 0.1) is 5.92 Å². The van der Waals surface area contributed by atoms with E-state index >= 15 is 0 Å². The first-order valence-electron chi connectivity index (χ1n) is 3.64. The molecule has 0 amide bonds. The molecule has 1 atom stereocenters. The van der Waals surface area contributed by atoms with Crippen LogP contribution in [0.1, 0.15) is 20.8 Å². The minimum atomic E-state index is -0.909. The Kier molecular flexibility index (Phi) is 4.81. The summed E-state index contributed by atoms with van der Waals surface area (Å²) >= 11 is 0. The Hall–Kier alpha value is -0.610. The molecule has 4 heteroatoms. The zero-order chi connectivity index (χ0) is 8.85. The smallest absolute Gasteiger partial charge is 0.322 e. The van der Waals surface area contributed by atoms with Gasteiger partial charge in [-0.3, -0.25) is 4.79 Å². The van der Waals surface area contributed by atoms with Gasteiger partial charge in [-0.05, 0) is 12.8 Å². The number of nitrogens with one attached hydrogen (secondary N) is 1. The van der Waals surface area contributed by atoms with Gasteiger partial charge < -0.3 is 9.94 Å². The molecule has 0 radical (unpaired) electrons. The van der Waals surface area contributed by atoms with Crippen LogP contribution in [0.25, 0.3) is 0 Å². The summed E-state index contributed by atoms with van der Waals surface area (Å²) in [5, 5.41) is 8.40. The van der Waals surface area contributed by atoms with Crippen molar-refractivity contribution in [3.05, 3.63) is 0 Å². The van der Waals surface area contributed by atoms with Crippen molar-refractivity contribution in [1.29, 1.82) is 0 Å². The molecule has 0 bridgehead atoms. The van der Waals surface area contributed by atoms with Crippen LogP contribution >= 0.6 is 0 Å². The molecular weight excluding hydrogens is 146 g/mol. The molecule has 2 N–H and O–H groups in total. The fourth-order valence-corrected chi connectivity index (χ4v) is 0.390. The lowest BCUT2D eigenvalue weighted by molar-refractivity contribution is -0.143. The Balaban J connectivity index is 3.31. The molecule has 0 aliphatic rings. The lowest BCUT2D eigenvalue weighted by Gasteiger charge is -2.10. The number of hydrogen-bond acceptors (Lipinski definition) is 3. The highest BCUT2D eigenvalue weighted by Gasteiger charge is 2.09. The first-order chi connectivity index (χ1) is 5.04. The summed E-state index contributed by atoms with van der Waals surface area (Å²) in [7, 11) is 0. The van der Waals surface area contributed by atoms with Crippen LogP contribution in [0.4, 0.5) is 0 Å². The molecule has 0 rings (SSSR count). The van der Waals surface area contributed by atoms with E-state index < -0.39 is 12.0 Å². The van der Waals surface area contributed by atoms with E-state index in [9.17, 15) is 4.79 Å². The van der Waals surface area contributed by atoms with Gasteiger partial charge in [0.1, 0.15) is 6.04 Å². The van der Waals surface area contributed by atoms with Crippen LogP contribution in [0.15, 0.2) is 0 Å². The van der Waals surface area contributed by atoms with Crippen LogP contribution in [-0.2, 0) is 9.63 Å². The number of carboxylic acids is 1. The zero-order valence-electron chi connectivity index (χ0n) is 7.13. The predicted molar refractivity (Wildman–Crippen MR) is 41.0 cm³/mol. The van der Waals surface area contributed by atoms with Crippen LogP contribution in [0.2, 0.25) is 0 Å². The minimum Gasteiger partial charge on any atom is -0.480 e. The molecule has 0 spiro atoms. The van der Waals surface area contributed by atoms with E-state index in [4.69, 9.17) is 9.94 Å². The second-order valence-corrected chi connectivity index (χ2v) is 2.88. The average Bonchev–Trinajstić information content (AvgIpc) is 1.86. The van der Waals surface area contributed by atoms with Gasteiger partial charge in [-0.1, -0.05) is 13.8 Å². The molecule has 0 aliphatic carbocycles. The summed E-state index contributed by atoms with van der Waals surface area (Å²) in [5.74, 6) is -0.503. The summed E-state index contributed by atoms with van der Waals surface area (Å²) in [4.78, 5) is 15.1. The quantitative estimate of drug-likeness (QED) is 0.581. The van der Waals surface area contributed by atoms with Crippen LogP contribution in [0.3, 0.4) is 0 Å². The van der Waals surface area contributed by atoms with Crippen molar-refractivity contribution >= 4 is 5.97 Å². The fraction of sp³-hybridized carbons (Fsp3) is 0.857. The number of hydroxylamine groups is 1. The molecule has 0 aromatic rings. The molecule has 4 nitrogen and oxygen atoms in total. The standard InChI is InChI=1S/C7H15NO3/c1-5(2)4-11-8-6(3)7(9)10/h5-6,8H,4H2,1-3H3,(H,9,10)/t6-/m0/s1. The van der Waals surface area contributed by atoms with Crippen molar-refractivity contribution in [3.63, 3.8) is 0 Å². The highest BCUT2D eigenvalue weighted by molar-refractivity contribution is 5.72. The number of hydrogen-bond donors (Lipinski definition) is 2. The van der Waals surface area contributed by atoms with Crippen molar-refractivity contribution in [2.75, 3.05) is 6.61 Å². The third-order valence-corrected chi connectivity index (χ3v) is 1.05. The van der Waals surface area contributed by atoms with Gasteiger partial charge in [0.25, 0.3) is 0 Å². The highest BCUT2D eigenvalue weighted by Crippen LogP contribution is 1.90. The number of carbonyl (C=O) groups is 1. The fourth-order valence-electron chi connectivity index (χ4n) is 0.390. The summed E-state index contributed by atoms with van der Waals surface area (Å²) in [6.45, 7) is 6.04. The van der Waals surface area contributed by atoms with Crippen molar-refractivity contribution in [3.8, 4) is 0 Å². The lowest BCUT2D eigenvalue weighted by Crippen LogP contribution is -2.34. The van der Waals surface area contributed by atoms with Gasteiger partial charge in [0.2, 0.25) is 0 Å². The second kappa shape index (κ2) is 5.09. The Bertz CT molecular complexity index is 125. The van der Waals surface area contributed by atoms with Gasteiger partial charge in [0, 0.05) is 0 Å². The Morgan fingerprint density at radius 1 is 1.55 bits per heavy atom. The molecule has 0 aromatic carbocycles. The van der Waals surface area contributed by atoms with Gasteiger partial charge in [0.15, 0.2) is 0 Å². The SMILES string of the molecule is CC(C)CON[C@@H](C)C(=O)O. The Morgan fingerprint density at radius 2 is 2.09 bits per heavy atom. The predicted octanol–water partition coefficient (Wildman–Crippen LogP) is 0.637. The summed E-state index contributed by atoms with van der Waals surface area (Å²) in [6, 6.07) is -0.645. The normalized spacial score (nSPS) is 13.5. The summed E-state index contributed by atoms with van der Waals surface area (Å²) in [5.41, 5.74) is 2.41. The van der Waals surface area contributed by atoms with Gasteiger partial charge >= 0.3 is 5.97 Å². The number of rotatable bonds is 5. The van der Waals surface area contributed by atoms with E-state index in [1.807, 2.05) is 13.8 Å². The maximum atomic E-state index is 10.2. The Morgan fingerprint density at radius 3 is 2.45 bits per heavy atom. The van der Waals surface area contributed by atoms with Gasteiger partial charge in [-0.2, -0.15) is 5.48 Å². The van der Waals surface area contributed by atoms with Crippen molar-refractivity contribution in [1.82, 2.24) is 5.48 Å². The summed E-state index contributed by atoms with van der Waals surface area (Å²) < 4.78 is 0. The Labute approximate surface area is 66.5 Å². The first-order valence-corrected chi connectivity index (χ1v) is 3.64. The van der Waals surface area contributed by atoms with Gasteiger partial charge in [-0.25, -0.2) is 0 Å². The molecule has 0 unspecified atom stereocenters. The number of carboxylic acid groups (broad SMARTS) is 1. The monoisotopic (exact) mass is 161 g/mol. The lowest BCUT2D eigenvalue weighted by atomic mass is 10.2. The molecule has 0 aromatic heterocycles. The van der Waals surface area contributed by atoms with Crippen LogP contribution < -0.4 is 5.48 Å². The average molecular weight is 161 g/mol. The molecule has 0 saturated heterocycles. The molecule has 0 fully saturated rings. The molecule has 0 aliphatic heterocycles. The molecular formula is C7H15NO3. The van der Waals surface area contributed by atoms with Crippen molar-refractivity contribution < 1.29 is 14.7 Å². The first kappa shape index (κ1) is 10.4. The van der Waals surface area contributed by atoms with Crippen molar-refractivity contribution in [2.45, 2.75) is 26.8 Å². The maximum Gasteiger partial charge on any atom is 0.322 e. The van der Waals surface area contributed by atoms with E-state index in [2.05, 4.69) is 5.48 Å². The molecule has 11 heavy (non-hydrogen) atoms. The second-order valence-electron chi connectivity index (χ2n) is 2.88. The van der Waals surface area contributed by atoms with Gasteiger partial charge in [-0.15, -0.1) is 0 Å². The largest absolute Gasteiger partial charge is 0.480 e.